The lowest BCUT2D eigenvalue weighted by Crippen LogP contribution is -2.49. The van der Waals surface area contributed by atoms with E-state index in [1.165, 1.54) is 0 Å². The molecule has 2 aromatic heterocycles. The lowest BCUT2D eigenvalue weighted by Gasteiger charge is -2.36. The van der Waals surface area contributed by atoms with E-state index in [9.17, 15) is 13.9 Å². The number of hydrogen-bond donors (Lipinski definition) is 2. The first-order chi connectivity index (χ1) is 17.6. The van der Waals surface area contributed by atoms with E-state index in [2.05, 4.69) is 15.4 Å². The summed E-state index contributed by atoms with van der Waals surface area (Å²) < 4.78 is 38.2. The summed E-state index contributed by atoms with van der Waals surface area (Å²) in [6, 6.07) is 9.30. The molecule has 2 N–H and O–H groups in total. The minimum atomic E-state index is -2.73. The number of nitrogens with one attached hydrogen (secondary N) is 1. The van der Waals surface area contributed by atoms with E-state index in [0.29, 0.717) is 61.6 Å². The van der Waals surface area contributed by atoms with Crippen LogP contribution >= 0.6 is 0 Å². The van der Waals surface area contributed by atoms with E-state index >= 15 is 0 Å². The number of piperazine rings is 1. The van der Waals surface area contributed by atoms with Crippen LogP contribution in [-0.2, 0) is 0 Å². The van der Waals surface area contributed by atoms with Crippen LogP contribution < -0.4 is 15.0 Å². The zero-order valence-electron chi connectivity index (χ0n) is 21.7. The average molecular weight is 517 g/mol. The van der Waals surface area contributed by atoms with E-state index in [4.69, 9.17) is 19.2 Å². The largest absolute Gasteiger partial charge is 0.491 e. The second-order valence-electron chi connectivity index (χ2n) is 9.52. The molecule has 9 nitrogen and oxygen atoms in total. The second kappa shape index (κ2) is 11.5. The monoisotopic (exact) mass is 516 g/mol. The molecule has 1 fully saturated rings. The molecule has 0 aliphatic carbocycles. The molecule has 0 radical (unpaired) electrons. The van der Waals surface area contributed by atoms with Crippen LogP contribution in [0.3, 0.4) is 0 Å². The van der Waals surface area contributed by atoms with Crippen molar-refractivity contribution in [2.75, 3.05) is 57.8 Å². The standard InChI is InChI=1S/C26H34F2N6O3/c1-17-24(18(2)37-32-17)22-13-23(34-10-8-33(9-11-34)16-26(3,27)28)31-25(30-22)19-6-5-7-21(12-19)36-15-20(35)14-29-4/h5-7,12-13,20,29,35H,8-11,14-16H2,1-4H3. The van der Waals surface area contributed by atoms with Gasteiger partial charge in [0.1, 0.15) is 30.0 Å². The lowest BCUT2D eigenvalue weighted by molar-refractivity contribution is -0.0155. The molecule has 1 saturated heterocycles. The highest BCUT2D eigenvalue weighted by Gasteiger charge is 2.28. The third kappa shape index (κ3) is 7.00. The maximum Gasteiger partial charge on any atom is 0.257 e. The van der Waals surface area contributed by atoms with Crippen LogP contribution in [0.1, 0.15) is 18.4 Å². The molecule has 0 bridgehead atoms. The Bertz CT molecular complexity index is 1170. The van der Waals surface area contributed by atoms with Gasteiger partial charge in [-0.2, -0.15) is 0 Å². The van der Waals surface area contributed by atoms with Gasteiger partial charge in [-0.1, -0.05) is 17.3 Å². The van der Waals surface area contributed by atoms with Crippen molar-refractivity contribution >= 4 is 5.82 Å². The van der Waals surface area contributed by atoms with Gasteiger partial charge in [-0.15, -0.1) is 0 Å². The van der Waals surface area contributed by atoms with Crippen molar-refractivity contribution in [3.05, 3.63) is 41.8 Å². The SMILES string of the molecule is CNCC(O)COc1cccc(-c2nc(-c3c(C)noc3C)cc(N3CCN(CC(C)(F)F)CC3)n2)c1. The van der Waals surface area contributed by atoms with Crippen LogP contribution in [0.25, 0.3) is 22.6 Å². The Balaban J connectivity index is 1.64. The number of aliphatic hydroxyl groups is 1. The molecular formula is C26H34F2N6O3. The maximum atomic E-state index is 13.5. The number of halogens is 2. The van der Waals surface area contributed by atoms with Gasteiger partial charge in [-0.05, 0) is 33.0 Å². The van der Waals surface area contributed by atoms with Gasteiger partial charge in [0.05, 0.1) is 23.5 Å². The van der Waals surface area contributed by atoms with Gasteiger partial charge >= 0.3 is 0 Å². The molecule has 0 spiro atoms. The molecule has 4 rings (SSSR count). The van der Waals surface area contributed by atoms with Crippen molar-refractivity contribution in [2.45, 2.75) is 32.8 Å². The number of aliphatic hydroxyl groups excluding tert-OH is 1. The zero-order valence-corrected chi connectivity index (χ0v) is 21.7. The van der Waals surface area contributed by atoms with Gasteiger partial charge in [-0.3, -0.25) is 4.90 Å². The van der Waals surface area contributed by atoms with Gasteiger partial charge in [0.15, 0.2) is 5.82 Å². The fraction of sp³-hybridized carbons (Fsp3) is 0.500. The molecule has 11 heteroatoms. The molecule has 3 heterocycles. The van der Waals surface area contributed by atoms with Crippen molar-refractivity contribution in [1.29, 1.82) is 0 Å². The summed E-state index contributed by atoms with van der Waals surface area (Å²) in [5.41, 5.74) is 2.95. The molecule has 1 atom stereocenters. The predicted molar refractivity (Wildman–Crippen MR) is 137 cm³/mol. The molecule has 1 aliphatic heterocycles. The highest BCUT2D eigenvalue weighted by molar-refractivity contribution is 5.71. The Kier molecular flexibility index (Phi) is 8.35. The lowest BCUT2D eigenvalue weighted by atomic mass is 10.1. The highest BCUT2D eigenvalue weighted by atomic mass is 19.3. The maximum absolute atomic E-state index is 13.5. The van der Waals surface area contributed by atoms with E-state index in [1.807, 2.05) is 44.2 Å². The smallest absolute Gasteiger partial charge is 0.257 e. The number of nitrogens with zero attached hydrogens (tertiary/aromatic N) is 5. The minimum absolute atomic E-state index is 0.149. The molecule has 37 heavy (non-hydrogen) atoms. The van der Waals surface area contributed by atoms with Crippen molar-refractivity contribution in [3.8, 4) is 28.4 Å². The number of alkyl halides is 2. The van der Waals surface area contributed by atoms with Crippen molar-refractivity contribution in [3.63, 3.8) is 0 Å². The number of ether oxygens (including phenoxy) is 1. The zero-order chi connectivity index (χ0) is 26.6. The van der Waals surface area contributed by atoms with E-state index in [1.54, 1.807) is 11.9 Å². The molecule has 1 aliphatic rings. The number of likely N-dealkylation sites (N-methyl/N-ethyl adjacent to an activating group) is 1. The van der Waals surface area contributed by atoms with Crippen molar-refractivity contribution in [2.24, 2.45) is 0 Å². The molecule has 0 amide bonds. The van der Waals surface area contributed by atoms with Crippen LogP contribution in [-0.4, -0.2) is 90.1 Å². The van der Waals surface area contributed by atoms with Crippen molar-refractivity contribution < 1.29 is 23.1 Å². The molecule has 1 aromatic carbocycles. The predicted octanol–water partition coefficient (Wildman–Crippen LogP) is 3.15. The summed E-state index contributed by atoms with van der Waals surface area (Å²) in [6.07, 6.45) is -0.634. The molecule has 3 aromatic rings. The number of anilines is 1. The van der Waals surface area contributed by atoms with Gasteiger partial charge < -0.3 is 24.6 Å². The first kappa shape index (κ1) is 26.9. The third-order valence-electron chi connectivity index (χ3n) is 6.17. The average Bonchev–Trinajstić information content (AvgIpc) is 3.20. The van der Waals surface area contributed by atoms with Crippen LogP contribution in [0.15, 0.2) is 34.9 Å². The van der Waals surface area contributed by atoms with Gasteiger partial charge in [0.2, 0.25) is 0 Å². The van der Waals surface area contributed by atoms with Crippen LogP contribution in [0.4, 0.5) is 14.6 Å². The van der Waals surface area contributed by atoms with Gasteiger partial charge in [-0.25, -0.2) is 18.7 Å². The summed E-state index contributed by atoms with van der Waals surface area (Å²) in [7, 11) is 1.77. The first-order valence-electron chi connectivity index (χ1n) is 12.4. The fourth-order valence-electron chi connectivity index (χ4n) is 4.44. The molecule has 1 unspecified atom stereocenters. The highest BCUT2D eigenvalue weighted by Crippen LogP contribution is 2.31. The Morgan fingerprint density at radius 3 is 2.57 bits per heavy atom. The van der Waals surface area contributed by atoms with Gasteiger partial charge in [0.25, 0.3) is 5.92 Å². The number of rotatable bonds is 10. The van der Waals surface area contributed by atoms with Crippen LogP contribution in [0.2, 0.25) is 0 Å². The van der Waals surface area contributed by atoms with Crippen LogP contribution in [0.5, 0.6) is 5.75 Å². The van der Waals surface area contributed by atoms with Gasteiger partial charge in [0, 0.05) is 51.3 Å². The summed E-state index contributed by atoms with van der Waals surface area (Å²) in [4.78, 5) is 13.5. The third-order valence-corrected chi connectivity index (χ3v) is 6.17. The summed E-state index contributed by atoms with van der Waals surface area (Å²) in [5, 5.41) is 17.0. The fourth-order valence-corrected chi connectivity index (χ4v) is 4.44. The Labute approximate surface area is 215 Å². The van der Waals surface area contributed by atoms with E-state index in [0.717, 1.165) is 23.7 Å². The summed E-state index contributed by atoms with van der Waals surface area (Å²) in [6.45, 7) is 7.14. The number of aryl methyl sites for hydroxylation is 2. The molecule has 200 valence electrons. The topological polar surface area (TPSA) is 99.8 Å². The first-order valence-corrected chi connectivity index (χ1v) is 12.4. The Hall–Kier alpha value is -3.15. The number of hydrogen-bond acceptors (Lipinski definition) is 9. The van der Waals surface area contributed by atoms with Crippen molar-refractivity contribution in [1.82, 2.24) is 25.3 Å². The minimum Gasteiger partial charge on any atom is -0.491 e. The Morgan fingerprint density at radius 1 is 1.16 bits per heavy atom. The van der Waals surface area contributed by atoms with Crippen LogP contribution in [0, 0.1) is 13.8 Å². The van der Waals surface area contributed by atoms with E-state index in [-0.39, 0.29) is 13.2 Å². The number of benzene rings is 1. The summed E-state index contributed by atoms with van der Waals surface area (Å²) in [5.74, 6) is -0.278. The number of aromatic nitrogens is 3. The quantitative estimate of drug-likeness (QED) is 0.421. The summed E-state index contributed by atoms with van der Waals surface area (Å²) >= 11 is 0. The second-order valence-corrected chi connectivity index (χ2v) is 9.52. The molecular weight excluding hydrogens is 482 g/mol. The molecule has 0 saturated carbocycles. The normalized spacial score (nSPS) is 15.7. The van der Waals surface area contributed by atoms with E-state index < -0.39 is 12.0 Å². The Morgan fingerprint density at radius 2 is 1.92 bits per heavy atom.